The zero-order valence-electron chi connectivity index (χ0n) is 12.1. The van der Waals surface area contributed by atoms with Gasteiger partial charge in [0.05, 0.1) is 10.9 Å². The number of aliphatic carboxylic acids is 1. The van der Waals surface area contributed by atoms with E-state index in [9.17, 15) is 14.7 Å². The lowest BCUT2D eigenvalue weighted by Gasteiger charge is -2.15. The molecule has 1 aromatic rings. The first-order valence-corrected chi connectivity index (χ1v) is 7.21. The van der Waals surface area contributed by atoms with E-state index >= 15 is 0 Å². The molecule has 0 fully saturated rings. The highest BCUT2D eigenvalue weighted by atomic mass is 35.5. The molecule has 0 bridgehead atoms. The van der Waals surface area contributed by atoms with Crippen molar-refractivity contribution in [1.82, 2.24) is 5.32 Å². The lowest BCUT2D eigenvalue weighted by Crippen LogP contribution is -2.32. The molecule has 0 saturated heterocycles. The predicted octanol–water partition coefficient (Wildman–Crippen LogP) is 3.05. The maximum absolute atomic E-state index is 12.0. The van der Waals surface area contributed by atoms with Gasteiger partial charge in [-0.25, -0.2) is 0 Å². The monoisotopic (exact) mass is 313 g/mol. The molecule has 0 radical (unpaired) electrons. The molecule has 0 aliphatic rings. The normalized spacial score (nSPS) is 13.5. The zero-order valence-corrected chi connectivity index (χ0v) is 12.9. The number of hydrogen-bond donors (Lipinski definition) is 3. The van der Waals surface area contributed by atoms with Crippen molar-refractivity contribution in [3.05, 3.63) is 28.8 Å². The zero-order chi connectivity index (χ0) is 16.0. The second-order valence-electron chi connectivity index (χ2n) is 5.21. The van der Waals surface area contributed by atoms with Crippen LogP contribution in [-0.2, 0) is 4.79 Å². The Balaban J connectivity index is 2.43. The van der Waals surface area contributed by atoms with E-state index in [4.69, 9.17) is 16.7 Å². The molecule has 0 spiro atoms. The highest BCUT2D eigenvalue weighted by molar-refractivity contribution is 6.32. The molecule has 2 atom stereocenters. The second kappa shape index (κ2) is 7.88. The van der Waals surface area contributed by atoms with Crippen molar-refractivity contribution >= 4 is 23.5 Å². The fourth-order valence-electron chi connectivity index (χ4n) is 1.88. The van der Waals surface area contributed by atoms with E-state index in [1.165, 1.54) is 18.2 Å². The van der Waals surface area contributed by atoms with E-state index in [1.54, 1.807) is 6.92 Å². The highest BCUT2D eigenvalue weighted by Gasteiger charge is 2.14. The van der Waals surface area contributed by atoms with Crippen LogP contribution in [0.1, 0.15) is 43.5 Å². The van der Waals surface area contributed by atoms with E-state index in [1.807, 2.05) is 6.92 Å². The molecule has 2 unspecified atom stereocenters. The number of carboxylic acids is 1. The van der Waals surface area contributed by atoms with Crippen LogP contribution in [-0.4, -0.2) is 28.1 Å². The minimum Gasteiger partial charge on any atom is -0.506 e. The largest absolute Gasteiger partial charge is 0.506 e. The van der Waals surface area contributed by atoms with Gasteiger partial charge in [0.1, 0.15) is 5.75 Å². The summed E-state index contributed by atoms with van der Waals surface area (Å²) in [4.78, 5) is 22.7. The fourth-order valence-corrected chi connectivity index (χ4v) is 2.06. The molecule has 0 saturated carbocycles. The molecular formula is C15H20ClNO4. The number of aromatic hydroxyl groups is 1. The second-order valence-corrected chi connectivity index (χ2v) is 5.62. The molecule has 21 heavy (non-hydrogen) atoms. The van der Waals surface area contributed by atoms with Gasteiger partial charge >= 0.3 is 5.97 Å². The Kier molecular flexibility index (Phi) is 6.49. The summed E-state index contributed by atoms with van der Waals surface area (Å²) in [5.74, 6) is -1.51. The average Bonchev–Trinajstić information content (AvgIpc) is 2.41. The minimum absolute atomic E-state index is 0.0638. The SMILES string of the molecule is CC(CCCC(C)C(=O)O)NC(=O)c1ccc(O)c(Cl)c1. The van der Waals surface area contributed by atoms with Crippen LogP contribution >= 0.6 is 11.6 Å². The van der Waals surface area contributed by atoms with Crippen molar-refractivity contribution in [3.8, 4) is 5.75 Å². The van der Waals surface area contributed by atoms with Gasteiger partial charge < -0.3 is 15.5 Å². The van der Waals surface area contributed by atoms with Crippen LogP contribution in [0.4, 0.5) is 0 Å². The number of carboxylic acid groups (broad SMARTS) is 1. The molecule has 0 heterocycles. The lowest BCUT2D eigenvalue weighted by molar-refractivity contribution is -0.141. The number of halogens is 1. The molecule has 0 aromatic heterocycles. The number of rotatable bonds is 7. The fraction of sp³-hybridized carbons (Fsp3) is 0.467. The predicted molar refractivity (Wildman–Crippen MR) is 80.7 cm³/mol. The van der Waals surface area contributed by atoms with Crippen LogP contribution in [0.25, 0.3) is 0 Å². The van der Waals surface area contributed by atoms with Gasteiger partial charge in [-0.1, -0.05) is 24.9 Å². The summed E-state index contributed by atoms with van der Waals surface area (Å²) in [6, 6.07) is 4.21. The van der Waals surface area contributed by atoms with Crippen molar-refractivity contribution in [1.29, 1.82) is 0 Å². The highest BCUT2D eigenvalue weighted by Crippen LogP contribution is 2.23. The summed E-state index contributed by atoms with van der Waals surface area (Å²) in [6.07, 6.45) is 2.01. The third-order valence-electron chi connectivity index (χ3n) is 3.28. The average molecular weight is 314 g/mol. The first-order chi connectivity index (χ1) is 9.81. The Morgan fingerprint density at radius 3 is 2.52 bits per heavy atom. The summed E-state index contributed by atoms with van der Waals surface area (Å²) >= 11 is 5.76. The third-order valence-corrected chi connectivity index (χ3v) is 3.59. The summed E-state index contributed by atoms with van der Waals surface area (Å²) in [5, 5.41) is 21.0. The van der Waals surface area contributed by atoms with Crippen molar-refractivity contribution in [2.45, 2.75) is 39.2 Å². The van der Waals surface area contributed by atoms with Gasteiger partial charge in [0.15, 0.2) is 0 Å². The molecule has 0 aliphatic heterocycles. The molecule has 1 amide bonds. The minimum atomic E-state index is -0.801. The van der Waals surface area contributed by atoms with Crippen LogP contribution in [0, 0.1) is 5.92 Å². The van der Waals surface area contributed by atoms with E-state index < -0.39 is 5.97 Å². The number of phenols is 1. The van der Waals surface area contributed by atoms with Crippen molar-refractivity contribution < 1.29 is 19.8 Å². The molecule has 1 aromatic carbocycles. The van der Waals surface area contributed by atoms with Gasteiger partial charge in [-0.15, -0.1) is 0 Å². The topological polar surface area (TPSA) is 86.6 Å². The number of amides is 1. The Bertz CT molecular complexity index is 518. The molecule has 1 rings (SSSR count). The number of phenolic OH excluding ortho intramolecular Hbond substituents is 1. The van der Waals surface area contributed by atoms with E-state index in [0.29, 0.717) is 18.4 Å². The summed E-state index contributed by atoms with van der Waals surface area (Å²) in [7, 11) is 0. The lowest BCUT2D eigenvalue weighted by atomic mass is 10.0. The number of nitrogens with one attached hydrogen (secondary N) is 1. The van der Waals surface area contributed by atoms with Gasteiger partial charge in [0.25, 0.3) is 5.91 Å². The van der Waals surface area contributed by atoms with E-state index in [2.05, 4.69) is 5.32 Å². The van der Waals surface area contributed by atoms with Crippen LogP contribution in [0.2, 0.25) is 5.02 Å². The molecule has 116 valence electrons. The van der Waals surface area contributed by atoms with Gasteiger partial charge in [-0.05, 0) is 38.0 Å². The van der Waals surface area contributed by atoms with E-state index in [0.717, 1.165) is 6.42 Å². The maximum Gasteiger partial charge on any atom is 0.306 e. The van der Waals surface area contributed by atoms with Crippen LogP contribution in [0.3, 0.4) is 0 Å². The van der Waals surface area contributed by atoms with Gasteiger partial charge in [0, 0.05) is 11.6 Å². The van der Waals surface area contributed by atoms with Gasteiger partial charge in [0.2, 0.25) is 0 Å². The molecule has 3 N–H and O–H groups in total. The number of benzene rings is 1. The summed E-state index contributed by atoms with van der Waals surface area (Å²) < 4.78 is 0. The maximum atomic E-state index is 12.0. The van der Waals surface area contributed by atoms with Gasteiger partial charge in [-0.3, -0.25) is 9.59 Å². The quantitative estimate of drug-likeness (QED) is 0.722. The van der Waals surface area contributed by atoms with Crippen LogP contribution in [0.15, 0.2) is 18.2 Å². The van der Waals surface area contributed by atoms with E-state index in [-0.39, 0.29) is 28.6 Å². The Labute approximate surface area is 128 Å². The number of carbonyl (C=O) groups is 2. The third kappa shape index (κ3) is 5.63. The Morgan fingerprint density at radius 1 is 1.29 bits per heavy atom. The Hall–Kier alpha value is -1.75. The molecule has 6 heteroatoms. The molecule has 0 aliphatic carbocycles. The number of hydrogen-bond acceptors (Lipinski definition) is 3. The molecule has 5 nitrogen and oxygen atoms in total. The first kappa shape index (κ1) is 17.3. The smallest absolute Gasteiger partial charge is 0.306 e. The molecular weight excluding hydrogens is 294 g/mol. The summed E-state index contributed by atoms with van der Waals surface area (Å²) in [5.41, 5.74) is 0.378. The van der Waals surface area contributed by atoms with Crippen molar-refractivity contribution in [2.24, 2.45) is 5.92 Å². The first-order valence-electron chi connectivity index (χ1n) is 6.83. The van der Waals surface area contributed by atoms with Crippen molar-refractivity contribution in [2.75, 3.05) is 0 Å². The summed E-state index contributed by atoms with van der Waals surface area (Å²) in [6.45, 7) is 3.54. The Morgan fingerprint density at radius 2 is 1.95 bits per heavy atom. The van der Waals surface area contributed by atoms with Crippen LogP contribution < -0.4 is 5.32 Å². The van der Waals surface area contributed by atoms with Gasteiger partial charge in [-0.2, -0.15) is 0 Å². The number of carbonyl (C=O) groups excluding carboxylic acids is 1. The van der Waals surface area contributed by atoms with Crippen molar-refractivity contribution in [3.63, 3.8) is 0 Å². The van der Waals surface area contributed by atoms with Crippen LogP contribution in [0.5, 0.6) is 5.75 Å². The standard InChI is InChI=1S/C15H20ClNO4/c1-9(15(20)21)4-3-5-10(2)17-14(19)11-6-7-13(18)12(16)8-11/h6-10,18H,3-5H2,1-2H3,(H,17,19)(H,20,21).